The first-order valence-corrected chi connectivity index (χ1v) is 12.7. The molecule has 0 amide bonds. The van der Waals surface area contributed by atoms with Crippen molar-refractivity contribution in [1.82, 2.24) is 24.1 Å². The minimum absolute atomic E-state index is 0.617. The molecule has 0 unspecified atom stereocenters. The van der Waals surface area contributed by atoms with E-state index in [0.717, 1.165) is 65.3 Å². The van der Waals surface area contributed by atoms with Gasteiger partial charge in [-0.05, 0) is 42.5 Å². The van der Waals surface area contributed by atoms with Gasteiger partial charge in [0.05, 0.1) is 33.3 Å². The maximum atomic E-state index is 5.15. The molecule has 0 aliphatic carbocycles. The number of hydrogen-bond acceptors (Lipinski definition) is 3. The van der Waals surface area contributed by atoms with Gasteiger partial charge < -0.3 is 4.57 Å². The summed E-state index contributed by atoms with van der Waals surface area (Å²) in [5, 5.41) is 3.12. The molecule has 7 rings (SSSR count). The lowest BCUT2D eigenvalue weighted by Gasteiger charge is -2.11. The summed E-state index contributed by atoms with van der Waals surface area (Å²) in [6, 6.07) is 28.9. The molecule has 7 aromatic rings. The summed E-state index contributed by atoms with van der Waals surface area (Å²) in [4.78, 5) is 15.1. The van der Waals surface area contributed by atoms with Crippen molar-refractivity contribution in [2.24, 2.45) is 0 Å². The summed E-state index contributed by atoms with van der Waals surface area (Å²) in [6.07, 6.45) is 3.52. The third-order valence-corrected chi connectivity index (χ3v) is 7.27. The van der Waals surface area contributed by atoms with Crippen molar-refractivity contribution >= 4 is 71.9 Å². The van der Waals surface area contributed by atoms with Crippen LogP contribution in [-0.2, 0) is 0 Å². The number of fused-ring (bicyclic) bond motifs is 6. The van der Waals surface area contributed by atoms with Crippen LogP contribution in [0.3, 0.4) is 0 Å². The van der Waals surface area contributed by atoms with Crippen LogP contribution in [0, 0.1) is 0 Å². The summed E-state index contributed by atoms with van der Waals surface area (Å²) in [5.41, 5.74) is 6.70. The second-order valence-electron chi connectivity index (χ2n) is 8.81. The second-order valence-corrected chi connectivity index (χ2v) is 9.72. The zero-order chi connectivity index (χ0) is 25.1. The van der Waals surface area contributed by atoms with Gasteiger partial charge in [-0.3, -0.25) is 4.57 Å². The summed E-state index contributed by atoms with van der Waals surface area (Å²) in [7, 11) is 0. The first-order chi connectivity index (χ1) is 18.2. The monoisotopic (exact) mass is 541 g/mol. The second kappa shape index (κ2) is 8.25. The fourth-order valence-corrected chi connectivity index (χ4v) is 5.55. The smallest absolute Gasteiger partial charge is 0.235 e. The number of benzene rings is 4. The molecule has 0 aliphatic heterocycles. The van der Waals surface area contributed by atoms with E-state index < -0.39 is 0 Å². The highest BCUT2D eigenvalue weighted by atomic mass is 79.9. The molecule has 4 aromatic carbocycles. The van der Waals surface area contributed by atoms with Crippen LogP contribution in [0.25, 0.3) is 73.2 Å². The van der Waals surface area contributed by atoms with Gasteiger partial charge >= 0.3 is 0 Å². The summed E-state index contributed by atoms with van der Waals surface area (Å²) >= 11 is 3.67. The van der Waals surface area contributed by atoms with Crippen LogP contribution in [0.15, 0.2) is 103 Å². The molecule has 0 aliphatic rings. The molecule has 0 bridgehead atoms. The molecule has 0 radical (unpaired) electrons. The lowest BCUT2D eigenvalue weighted by Crippen LogP contribution is -2.03. The first-order valence-electron chi connectivity index (χ1n) is 11.9. The Balaban J connectivity index is 1.64. The molecule has 0 atom stereocenters. The Bertz CT molecular complexity index is 2030. The average Bonchev–Trinajstić information content (AvgIpc) is 3.47. The average molecular weight is 542 g/mol. The van der Waals surface area contributed by atoms with E-state index in [9.17, 15) is 0 Å². The number of aromatic nitrogens is 5. The molecule has 0 fully saturated rings. The van der Waals surface area contributed by atoms with E-state index in [4.69, 9.17) is 15.0 Å². The van der Waals surface area contributed by atoms with Crippen LogP contribution in [0.5, 0.6) is 0 Å². The van der Waals surface area contributed by atoms with Crippen LogP contribution < -0.4 is 0 Å². The third-order valence-electron chi connectivity index (χ3n) is 6.78. The Morgan fingerprint density at radius 1 is 0.730 bits per heavy atom. The van der Waals surface area contributed by atoms with Gasteiger partial charge in [-0.1, -0.05) is 77.6 Å². The predicted molar refractivity (Wildman–Crippen MR) is 157 cm³/mol. The maximum absolute atomic E-state index is 5.15. The van der Waals surface area contributed by atoms with Crippen molar-refractivity contribution in [2.75, 3.05) is 0 Å². The molecule has 0 N–H and O–H groups in total. The molecular weight excluding hydrogens is 522 g/mol. The number of imidazole rings is 1. The number of rotatable bonds is 4. The Morgan fingerprint density at radius 3 is 2.30 bits per heavy atom. The van der Waals surface area contributed by atoms with Crippen LogP contribution in [0.1, 0.15) is 5.82 Å². The maximum Gasteiger partial charge on any atom is 0.235 e. The third kappa shape index (κ3) is 3.19. The molecule has 3 heterocycles. The fourth-order valence-electron chi connectivity index (χ4n) is 5.19. The summed E-state index contributed by atoms with van der Waals surface area (Å²) in [5.74, 6) is 1.37. The van der Waals surface area contributed by atoms with Crippen molar-refractivity contribution in [3.05, 3.63) is 108 Å². The highest BCUT2D eigenvalue weighted by molar-refractivity contribution is 9.10. The molecule has 3 aromatic heterocycles. The lowest BCUT2D eigenvalue weighted by atomic mass is 10.1. The van der Waals surface area contributed by atoms with Crippen LogP contribution in [0.4, 0.5) is 0 Å². The molecule has 37 heavy (non-hydrogen) atoms. The Kier molecular flexibility index (Phi) is 4.84. The topological polar surface area (TPSA) is 48.5 Å². The van der Waals surface area contributed by atoms with Crippen LogP contribution in [-0.4, -0.2) is 24.1 Å². The van der Waals surface area contributed by atoms with E-state index >= 15 is 0 Å². The Morgan fingerprint density at radius 2 is 1.49 bits per heavy atom. The largest absolute Gasteiger partial charge is 0.300 e. The summed E-state index contributed by atoms with van der Waals surface area (Å²) in [6.45, 7) is 7.93. The molecule has 6 heteroatoms. The molecule has 0 saturated carbocycles. The minimum Gasteiger partial charge on any atom is -0.300 e. The predicted octanol–water partition coefficient (Wildman–Crippen LogP) is 8.25. The number of hydrogen-bond donors (Lipinski definition) is 0. The fraction of sp³-hybridized carbons (Fsp3) is 0. The van der Waals surface area contributed by atoms with Gasteiger partial charge in [0.1, 0.15) is 5.82 Å². The van der Waals surface area contributed by atoms with E-state index in [1.807, 2.05) is 47.0 Å². The van der Waals surface area contributed by atoms with Gasteiger partial charge in [-0.25, -0.2) is 15.0 Å². The normalized spacial score (nSPS) is 11.6. The van der Waals surface area contributed by atoms with E-state index in [1.165, 1.54) is 0 Å². The minimum atomic E-state index is 0.617. The van der Waals surface area contributed by atoms with E-state index in [-0.39, 0.29) is 0 Å². The molecule has 0 saturated heterocycles. The highest BCUT2D eigenvalue weighted by Crippen LogP contribution is 2.38. The van der Waals surface area contributed by atoms with Gasteiger partial charge in [0.25, 0.3) is 0 Å². The SMILES string of the molecule is C=Cc1nc2c3c4cc(Br)ccc4n(-c4nc(-c5ccccc5)c5ccccc5n4)c3ccc2n1C=C. The van der Waals surface area contributed by atoms with Gasteiger partial charge in [-0.2, -0.15) is 0 Å². The van der Waals surface area contributed by atoms with Gasteiger partial charge in [0, 0.05) is 32.4 Å². The van der Waals surface area contributed by atoms with E-state index in [2.05, 4.69) is 76.1 Å². The van der Waals surface area contributed by atoms with Gasteiger partial charge in [0.15, 0.2) is 0 Å². The van der Waals surface area contributed by atoms with Crippen LogP contribution in [0.2, 0.25) is 0 Å². The molecule has 176 valence electrons. The molecular formula is C31H20BrN5. The van der Waals surface area contributed by atoms with E-state index in [1.54, 1.807) is 12.3 Å². The number of para-hydroxylation sites is 1. The lowest BCUT2D eigenvalue weighted by molar-refractivity contribution is 1.01. The van der Waals surface area contributed by atoms with Crippen molar-refractivity contribution < 1.29 is 0 Å². The number of nitrogens with zero attached hydrogens (tertiary/aromatic N) is 5. The Labute approximate surface area is 221 Å². The van der Waals surface area contributed by atoms with Crippen molar-refractivity contribution in [3.63, 3.8) is 0 Å². The Hall–Kier alpha value is -4.55. The molecule has 5 nitrogen and oxygen atoms in total. The van der Waals surface area contributed by atoms with Crippen molar-refractivity contribution in [2.45, 2.75) is 0 Å². The summed E-state index contributed by atoms with van der Waals surface area (Å²) < 4.78 is 5.09. The van der Waals surface area contributed by atoms with Crippen LogP contribution >= 0.6 is 15.9 Å². The standard InChI is InChI=1S/C31H20BrN5/c1-3-27-34-30-26(36(27)4-2)17-16-25-28(30)22-18-20(32)14-15-24(22)37(25)31-33-23-13-9-8-12-21(23)29(35-31)19-10-6-5-7-11-19/h3-18H,1-2H2. The zero-order valence-electron chi connectivity index (χ0n) is 19.8. The van der Waals surface area contributed by atoms with Gasteiger partial charge in [0.2, 0.25) is 5.95 Å². The van der Waals surface area contributed by atoms with Crippen molar-refractivity contribution in [3.8, 4) is 17.2 Å². The highest BCUT2D eigenvalue weighted by Gasteiger charge is 2.21. The quantitative estimate of drug-likeness (QED) is 0.225. The van der Waals surface area contributed by atoms with Gasteiger partial charge in [-0.15, -0.1) is 0 Å². The molecule has 0 spiro atoms. The van der Waals surface area contributed by atoms with E-state index in [0.29, 0.717) is 5.95 Å². The number of halogens is 1. The zero-order valence-corrected chi connectivity index (χ0v) is 21.4. The van der Waals surface area contributed by atoms with Crippen molar-refractivity contribution in [1.29, 1.82) is 0 Å². The first kappa shape index (κ1) is 21.7.